The number of carbonyl (C=O) groups is 1. The lowest BCUT2D eigenvalue weighted by molar-refractivity contribution is 0.0699. The van der Waals surface area contributed by atoms with Crippen LogP contribution in [-0.2, 0) is 0 Å². The SMILES string of the molecule is Cc1[nH]c(-c2ccccc2)nc1-c1cc(C(=O)O)c2cc(Br)ccc2n1. The van der Waals surface area contributed by atoms with Gasteiger partial charge in [-0.3, -0.25) is 0 Å². The largest absolute Gasteiger partial charge is 0.478 e. The number of imidazole rings is 1. The molecule has 0 unspecified atom stereocenters. The van der Waals surface area contributed by atoms with Crippen LogP contribution >= 0.6 is 15.9 Å². The maximum absolute atomic E-state index is 11.8. The van der Waals surface area contributed by atoms with E-state index in [0.717, 1.165) is 21.6 Å². The molecule has 0 aliphatic carbocycles. The van der Waals surface area contributed by atoms with E-state index in [1.165, 1.54) is 0 Å². The zero-order valence-electron chi connectivity index (χ0n) is 13.8. The molecular formula is C20H14BrN3O2. The van der Waals surface area contributed by atoms with Crippen molar-refractivity contribution in [3.8, 4) is 22.8 Å². The Balaban J connectivity index is 1.91. The minimum atomic E-state index is -0.992. The summed E-state index contributed by atoms with van der Waals surface area (Å²) in [6, 6.07) is 16.8. The quantitative estimate of drug-likeness (QED) is 0.497. The first-order chi connectivity index (χ1) is 12.5. The highest BCUT2D eigenvalue weighted by atomic mass is 79.9. The van der Waals surface area contributed by atoms with E-state index in [9.17, 15) is 9.90 Å². The van der Waals surface area contributed by atoms with Crippen LogP contribution in [0.4, 0.5) is 0 Å². The zero-order valence-corrected chi connectivity index (χ0v) is 15.4. The topological polar surface area (TPSA) is 78.9 Å². The van der Waals surface area contributed by atoms with E-state index in [1.807, 2.05) is 43.3 Å². The maximum Gasteiger partial charge on any atom is 0.336 e. The van der Waals surface area contributed by atoms with Crippen LogP contribution in [0.15, 0.2) is 59.1 Å². The molecule has 0 aliphatic rings. The van der Waals surface area contributed by atoms with Crippen molar-refractivity contribution in [2.24, 2.45) is 0 Å². The molecule has 4 rings (SSSR count). The fourth-order valence-electron chi connectivity index (χ4n) is 2.94. The number of aromatic nitrogens is 3. The highest BCUT2D eigenvalue weighted by molar-refractivity contribution is 9.10. The Morgan fingerprint density at radius 1 is 1.08 bits per heavy atom. The average molecular weight is 408 g/mol. The highest BCUT2D eigenvalue weighted by Gasteiger charge is 2.17. The number of benzene rings is 2. The lowest BCUT2D eigenvalue weighted by Gasteiger charge is -2.06. The summed E-state index contributed by atoms with van der Waals surface area (Å²) < 4.78 is 0.810. The lowest BCUT2D eigenvalue weighted by atomic mass is 10.1. The Labute approximate surface area is 157 Å². The Morgan fingerprint density at radius 3 is 2.58 bits per heavy atom. The first-order valence-electron chi connectivity index (χ1n) is 7.99. The second-order valence-corrected chi connectivity index (χ2v) is 6.86. The van der Waals surface area contributed by atoms with Gasteiger partial charge in [0.25, 0.3) is 0 Å². The third kappa shape index (κ3) is 2.88. The summed E-state index contributed by atoms with van der Waals surface area (Å²) >= 11 is 3.38. The Kier molecular flexibility index (Phi) is 4.05. The van der Waals surface area contributed by atoms with E-state index in [2.05, 4.69) is 30.9 Å². The molecule has 0 atom stereocenters. The number of H-pyrrole nitrogens is 1. The predicted molar refractivity (Wildman–Crippen MR) is 104 cm³/mol. The number of pyridine rings is 1. The number of aromatic carboxylic acids is 1. The number of rotatable bonds is 3. The molecule has 6 heteroatoms. The average Bonchev–Trinajstić information content (AvgIpc) is 3.03. The van der Waals surface area contributed by atoms with Crippen molar-refractivity contribution in [1.82, 2.24) is 15.0 Å². The van der Waals surface area contributed by atoms with Gasteiger partial charge < -0.3 is 10.1 Å². The Hall–Kier alpha value is -2.99. The van der Waals surface area contributed by atoms with Crippen molar-refractivity contribution in [3.63, 3.8) is 0 Å². The van der Waals surface area contributed by atoms with Gasteiger partial charge in [0, 0.05) is 21.1 Å². The van der Waals surface area contributed by atoms with Crippen molar-refractivity contribution in [2.45, 2.75) is 6.92 Å². The summed E-state index contributed by atoms with van der Waals surface area (Å²) in [5.74, 6) is -0.263. The number of carboxylic acid groups (broad SMARTS) is 1. The van der Waals surface area contributed by atoms with Gasteiger partial charge in [0.1, 0.15) is 11.5 Å². The van der Waals surface area contributed by atoms with Crippen LogP contribution in [0.1, 0.15) is 16.1 Å². The van der Waals surface area contributed by atoms with E-state index < -0.39 is 5.97 Å². The molecule has 0 radical (unpaired) electrons. The third-order valence-electron chi connectivity index (χ3n) is 4.18. The van der Waals surface area contributed by atoms with Gasteiger partial charge in [-0.25, -0.2) is 14.8 Å². The molecule has 5 nitrogen and oxygen atoms in total. The molecule has 0 spiro atoms. The number of aromatic amines is 1. The molecule has 0 fully saturated rings. The normalized spacial score (nSPS) is 11.0. The minimum absolute atomic E-state index is 0.204. The number of hydrogen-bond acceptors (Lipinski definition) is 3. The number of fused-ring (bicyclic) bond motifs is 1. The smallest absolute Gasteiger partial charge is 0.336 e. The summed E-state index contributed by atoms with van der Waals surface area (Å²) in [4.78, 5) is 24.3. The van der Waals surface area contributed by atoms with E-state index in [1.54, 1.807) is 18.2 Å². The second kappa shape index (κ2) is 6.38. The standard InChI is InChI=1S/C20H14BrN3O2/c1-11-18(24-19(22-11)12-5-3-2-4-6-12)17-10-15(20(25)26)14-9-13(21)7-8-16(14)23-17/h2-10H,1H3,(H,22,24)(H,25,26). The summed E-state index contributed by atoms with van der Waals surface area (Å²) in [7, 11) is 0. The molecule has 2 N–H and O–H groups in total. The van der Waals surface area contributed by atoms with Crippen LogP contribution in [0, 0.1) is 6.92 Å². The molecule has 2 aromatic carbocycles. The minimum Gasteiger partial charge on any atom is -0.478 e. The van der Waals surface area contributed by atoms with Crippen molar-refractivity contribution in [3.05, 3.63) is 70.3 Å². The van der Waals surface area contributed by atoms with Crippen LogP contribution in [0.3, 0.4) is 0 Å². The molecule has 0 saturated carbocycles. The van der Waals surface area contributed by atoms with Crippen LogP contribution < -0.4 is 0 Å². The van der Waals surface area contributed by atoms with Gasteiger partial charge in [-0.2, -0.15) is 0 Å². The zero-order chi connectivity index (χ0) is 18.3. The van der Waals surface area contributed by atoms with E-state index >= 15 is 0 Å². The highest BCUT2D eigenvalue weighted by Crippen LogP contribution is 2.29. The Bertz CT molecular complexity index is 1140. The van der Waals surface area contributed by atoms with Crippen LogP contribution in [0.25, 0.3) is 33.7 Å². The van der Waals surface area contributed by atoms with E-state index in [-0.39, 0.29) is 5.56 Å². The third-order valence-corrected chi connectivity index (χ3v) is 4.67. The van der Waals surface area contributed by atoms with Crippen LogP contribution in [0.2, 0.25) is 0 Å². The van der Waals surface area contributed by atoms with Crippen molar-refractivity contribution in [2.75, 3.05) is 0 Å². The maximum atomic E-state index is 11.8. The molecule has 0 bridgehead atoms. The fourth-order valence-corrected chi connectivity index (χ4v) is 3.30. The van der Waals surface area contributed by atoms with E-state index in [4.69, 9.17) is 0 Å². The molecule has 0 aliphatic heterocycles. The molecule has 26 heavy (non-hydrogen) atoms. The number of halogens is 1. The predicted octanol–water partition coefficient (Wildman–Crippen LogP) is 5.06. The van der Waals surface area contributed by atoms with Gasteiger partial charge in [0.2, 0.25) is 0 Å². The number of hydrogen-bond donors (Lipinski definition) is 2. The van der Waals surface area contributed by atoms with Crippen LogP contribution in [-0.4, -0.2) is 26.0 Å². The van der Waals surface area contributed by atoms with Crippen molar-refractivity contribution < 1.29 is 9.90 Å². The van der Waals surface area contributed by atoms with Gasteiger partial charge in [0.05, 0.1) is 16.8 Å². The van der Waals surface area contributed by atoms with Gasteiger partial charge in [-0.1, -0.05) is 46.3 Å². The van der Waals surface area contributed by atoms with Gasteiger partial charge in [-0.15, -0.1) is 0 Å². The monoisotopic (exact) mass is 407 g/mol. The molecule has 2 heterocycles. The fraction of sp³-hybridized carbons (Fsp3) is 0.0500. The molecule has 0 saturated heterocycles. The van der Waals surface area contributed by atoms with Gasteiger partial charge in [0.15, 0.2) is 0 Å². The first kappa shape index (κ1) is 16.5. The summed E-state index contributed by atoms with van der Waals surface area (Å²) in [6.45, 7) is 1.91. The number of nitrogens with one attached hydrogen (secondary N) is 1. The Morgan fingerprint density at radius 2 is 1.85 bits per heavy atom. The molecular weight excluding hydrogens is 394 g/mol. The number of aryl methyl sites for hydroxylation is 1. The number of nitrogens with zero attached hydrogens (tertiary/aromatic N) is 2. The first-order valence-corrected chi connectivity index (χ1v) is 8.78. The van der Waals surface area contributed by atoms with E-state index in [0.29, 0.717) is 22.3 Å². The van der Waals surface area contributed by atoms with Gasteiger partial charge >= 0.3 is 5.97 Å². The summed E-state index contributed by atoms with van der Waals surface area (Å²) in [6.07, 6.45) is 0. The van der Waals surface area contributed by atoms with Crippen LogP contribution in [0.5, 0.6) is 0 Å². The number of carboxylic acids is 1. The second-order valence-electron chi connectivity index (χ2n) is 5.95. The lowest BCUT2D eigenvalue weighted by Crippen LogP contribution is -2.01. The molecule has 0 amide bonds. The molecule has 128 valence electrons. The summed E-state index contributed by atoms with van der Waals surface area (Å²) in [5, 5.41) is 10.2. The van der Waals surface area contributed by atoms with Crippen molar-refractivity contribution in [1.29, 1.82) is 0 Å². The molecule has 2 aromatic heterocycles. The van der Waals surface area contributed by atoms with Crippen molar-refractivity contribution >= 4 is 32.8 Å². The van der Waals surface area contributed by atoms with Gasteiger partial charge in [-0.05, 0) is 31.2 Å². The molecule has 4 aromatic rings. The summed E-state index contributed by atoms with van der Waals surface area (Å²) in [5.41, 5.74) is 3.81.